The van der Waals surface area contributed by atoms with Gasteiger partial charge in [-0.05, 0) is 56.4 Å². The second-order valence-electron chi connectivity index (χ2n) is 6.50. The molecule has 1 aromatic heterocycles. The van der Waals surface area contributed by atoms with Crippen molar-refractivity contribution in [3.63, 3.8) is 0 Å². The predicted molar refractivity (Wildman–Crippen MR) is 96.3 cm³/mol. The first-order chi connectivity index (χ1) is 12.0. The Labute approximate surface area is 149 Å². The number of rotatable bonds is 6. The van der Waals surface area contributed by atoms with Crippen molar-refractivity contribution in [3.05, 3.63) is 42.2 Å². The van der Waals surface area contributed by atoms with Gasteiger partial charge in [-0.15, -0.1) is 0 Å². The summed E-state index contributed by atoms with van der Waals surface area (Å²) < 4.78 is 34.8. The Morgan fingerprint density at radius 1 is 1.36 bits per heavy atom. The van der Waals surface area contributed by atoms with E-state index in [1.165, 1.54) is 4.31 Å². The summed E-state index contributed by atoms with van der Waals surface area (Å²) in [6, 6.07) is 7.19. The molecule has 3 rings (SSSR count). The largest absolute Gasteiger partial charge is 0.378 e. The first-order valence-electron chi connectivity index (χ1n) is 8.67. The predicted octanol–water partition coefficient (Wildman–Crippen LogP) is 2.76. The summed E-state index contributed by atoms with van der Waals surface area (Å²) in [4.78, 5) is 0.326. The fourth-order valence-corrected chi connectivity index (χ4v) is 4.51. The average molecular weight is 363 g/mol. The summed E-state index contributed by atoms with van der Waals surface area (Å²) in [5.74, 6) is 0. The van der Waals surface area contributed by atoms with E-state index >= 15 is 0 Å². The molecule has 1 unspecified atom stereocenters. The lowest BCUT2D eigenvalue weighted by atomic mass is 10.1. The van der Waals surface area contributed by atoms with Gasteiger partial charge in [-0.2, -0.15) is 5.10 Å². The Morgan fingerprint density at radius 2 is 2.20 bits per heavy atom. The molecule has 25 heavy (non-hydrogen) atoms. The average Bonchev–Trinajstić information content (AvgIpc) is 3.15. The summed E-state index contributed by atoms with van der Waals surface area (Å²) in [6.07, 6.45) is 7.64. The van der Waals surface area contributed by atoms with Crippen molar-refractivity contribution >= 4 is 10.0 Å². The van der Waals surface area contributed by atoms with E-state index in [-0.39, 0.29) is 6.10 Å². The van der Waals surface area contributed by atoms with Gasteiger partial charge in [-0.1, -0.05) is 6.07 Å². The molecule has 1 aliphatic rings. The van der Waals surface area contributed by atoms with E-state index in [1.54, 1.807) is 30.2 Å². The zero-order chi connectivity index (χ0) is 17.9. The van der Waals surface area contributed by atoms with Crippen LogP contribution in [0.2, 0.25) is 0 Å². The van der Waals surface area contributed by atoms with Gasteiger partial charge in [-0.3, -0.25) is 0 Å². The molecular formula is C18H25N3O3S. The maximum absolute atomic E-state index is 13.0. The Hall–Kier alpha value is -1.70. The van der Waals surface area contributed by atoms with Crippen LogP contribution in [0.25, 0.3) is 5.69 Å². The molecule has 0 N–H and O–H groups in total. The first-order valence-corrected chi connectivity index (χ1v) is 10.1. The van der Waals surface area contributed by atoms with Crippen LogP contribution in [0.5, 0.6) is 0 Å². The van der Waals surface area contributed by atoms with Crippen LogP contribution in [0.4, 0.5) is 0 Å². The van der Waals surface area contributed by atoms with Gasteiger partial charge >= 0.3 is 0 Å². The van der Waals surface area contributed by atoms with Crippen molar-refractivity contribution in [2.24, 2.45) is 0 Å². The minimum atomic E-state index is -3.55. The molecule has 136 valence electrons. The molecule has 7 heteroatoms. The number of sulfonamides is 1. The highest BCUT2D eigenvalue weighted by atomic mass is 32.2. The molecule has 1 aromatic carbocycles. The third-order valence-corrected chi connectivity index (χ3v) is 6.67. The SMILES string of the molecule is Cc1ccc(-n2cccn2)cc1S(=O)(=O)N(C)CCC1CCCCO1. The molecule has 1 atom stereocenters. The van der Waals surface area contributed by atoms with E-state index in [4.69, 9.17) is 4.74 Å². The smallest absolute Gasteiger partial charge is 0.243 e. The first kappa shape index (κ1) is 18.1. The Bertz CT molecular complexity index is 797. The minimum Gasteiger partial charge on any atom is -0.378 e. The zero-order valence-electron chi connectivity index (χ0n) is 14.8. The van der Waals surface area contributed by atoms with Crippen molar-refractivity contribution in [2.45, 2.75) is 43.6 Å². The second kappa shape index (κ2) is 7.68. The van der Waals surface area contributed by atoms with E-state index in [9.17, 15) is 8.42 Å². The van der Waals surface area contributed by atoms with Crippen molar-refractivity contribution in [3.8, 4) is 5.69 Å². The van der Waals surface area contributed by atoms with Gasteiger partial charge in [0, 0.05) is 32.6 Å². The van der Waals surface area contributed by atoms with Crippen LogP contribution < -0.4 is 0 Å². The lowest BCUT2D eigenvalue weighted by molar-refractivity contribution is 0.00950. The number of nitrogens with zero attached hydrogens (tertiary/aromatic N) is 3. The molecule has 1 aliphatic heterocycles. The van der Waals surface area contributed by atoms with Crippen LogP contribution in [0.15, 0.2) is 41.6 Å². The van der Waals surface area contributed by atoms with Crippen LogP contribution in [-0.2, 0) is 14.8 Å². The molecule has 2 heterocycles. The van der Waals surface area contributed by atoms with Gasteiger partial charge in [-0.25, -0.2) is 17.4 Å². The van der Waals surface area contributed by atoms with Crippen molar-refractivity contribution in [1.82, 2.24) is 14.1 Å². The zero-order valence-corrected chi connectivity index (χ0v) is 15.6. The summed E-state index contributed by atoms with van der Waals surface area (Å²) in [7, 11) is -1.91. The highest BCUT2D eigenvalue weighted by Gasteiger charge is 2.25. The quantitative estimate of drug-likeness (QED) is 0.792. The molecule has 0 bridgehead atoms. The fraction of sp³-hybridized carbons (Fsp3) is 0.500. The van der Waals surface area contributed by atoms with Crippen LogP contribution >= 0.6 is 0 Å². The molecular weight excluding hydrogens is 338 g/mol. The third kappa shape index (κ3) is 4.11. The maximum atomic E-state index is 13.0. The Morgan fingerprint density at radius 3 is 2.88 bits per heavy atom. The topological polar surface area (TPSA) is 64.4 Å². The van der Waals surface area contributed by atoms with Crippen molar-refractivity contribution < 1.29 is 13.2 Å². The Kier molecular flexibility index (Phi) is 5.56. The van der Waals surface area contributed by atoms with E-state index in [0.717, 1.165) is 43.5 Å². The van der Waals surface area contributed by atoms with E-state index in [2.05, 4.69) is 5.10 Å². The lowest BCUT2D eigenvalue weighted by Gasteiger charge is -2.25. The molecule has 0 saturated carbocycles. The number of aromatic nitrogens is 2. The maximum Gasteiger partial charge on any atom is 0.243 e. The molecule has 1 fully saturated rings. The minimum absolute atomic E-state index is 0.169. The molecule has 0 radical (unpaired) electrons. The standard InChI is InChI=1S/C18H25N3O3S/c1-15-7-8-16(21-11-5-10-19-21)14-18(15)25(22,23)20(2)12-9-17-6-3-4-13-24-17/h5,7-8,10-11,14,17H,3-4,6,9,12-13H2,1-2H3. The molecule has 0 amide bonds. The molecule has 6 nitrogen and oxygen atoms in total. The summed E-state index contributed by atoms with van der Waals surface area (Å²) in [5.41, 5.74) is 1.47. The van der Waals surface area contributed by atoms with E-state index in [0.29, 0.717) is 11.4 Å². The van der Waals surface area contributed by atoms with Gasteiger partial charge in [0.25, 0.3) is 0 Å². The molecule has 0 spiro atoms. The molecule has 0 aliphatic carbocycles. The highest BCUT2D eigenvalue weighted by molar-refractivity contribution is 7.89. The van der Waals surface area contributed by atoms with Crippen LogP contribution in [0, 0.1) is 6.92 Å². The van der Waals surface area contributed by atoms with Gasteiger partial charge in [0.15, 0.2) is 0 Å². The van der Waals surface area contributed by atoms with Gasteiger partial charge in [0.05, 0.1) is 16.7 Å². The van der Waals surface area contributed by atoms with Gasteiger partial charge < -0.3 is 4.74 Å². The van der Waals surface area contributed by atoms with Gasteiger partial charge in [0.2, 0.25) is 10.0 Å². The number of hydrogen-bond acceptors (Lipinski definition) is 4. The number of aryl methyl sites for hydroxylation is 1. The highest BCUT2D eigenvalue weighted by Crippen LogP contribution is 2.23. The second-order valence-corrected chi connectivity index (χ2v) is 8.52. The summed E-state index contributed by atoms with van der Waals surface area (Å²) in [5, 5.41) is 4.17. The molecule has 2 aromatic rings. The fourth-order valence-electron chi connectivity index (χ4n) is 3.08. The number of benzene rings is 1. The Balaban J connectivity index is 1.77. The normalized spacial score (nSPS) is 18.6. The van der Waals surface area contributed by atoms with Crippen molar-refractivity contribution in [2.75, 3.05) is 20.2 Å². The van der Waals surface area contributed by atoms with Crippen LogP contribution in [0.3, 0.4) is 0 Å². The number of ether oxygens (including phenoxy) is 1. The monoisotopic (exact) mass is 363 g/mol. The summed E-state index contributed by atoms with van der Waals surface area (Å²) in [6.45, 7) is 3.06. The van der Waals surface area contributed by atoms with Gasteiger partial charge in [0.1, 0.15) is 0 Å². The summed E-state index contributed by atoms with van der Waals surface area (Å²) >= 11 is 0. The lowest BCUT2D eigenvalue weighted by Crippen LogP contribution is -2.32. The third-order valence-electron chi connectivity index (χ3n) is 4.67. The van der Waals surface area contributed by atoms with Crippen LogP contribution in [0.1, 0.15) is 31.2 Å². The van der Waals surface area contributed by atoms with E-state index in [1.807, 2.05) is 25.1 Å². The van der Waals surface area contributed by atoms with Crippen LogP contribution in [-0.4, -0.2) is 48.8 Å². The van der Waals surface area contributed by atoms with E-state index < -0.39 is 10.0 Å². The van der Waals surface area contributed by atoms with Crippen molar-refractivity contribution in [1.29, 1.82) is 0 Å². The number of hydrogen-bond donors (Lipinski definition) is 0. The molecule has 1 saturated heterocycles.